The molecule has 0 spiro atoms. The molecule has 0 fully saturated rings. The summed E-state index contributed by atoms with van der Waals surface area (Å²) in [6.07, 6.45) is -4.37. The zero-order chi connectivity index (χ0) is 15.2. The minimum atomic E-state index is -4.37. The van der Waals surface area contributed by atoms with Crippen molar-refractivity contribution in [3.8, 4) is 0 Å². The number of nitro groups is 1. The van der Waals surface area contributed by atoms with Gasteiger partial charge in [-0.05, 0) is 0 Å². The van der Waals surface area contributed by atoms with Crippen LogP contribution in [0.3, 0.4) is 0 Å². The Bertz CT molecular complexity index is 468. The van der Waals surface area contributed by atoms with Crippen LogP contribution in [0, 0.1) is 10.1 Å². The van der Waals surface area contributed by atoms with Crippen LogP contribution >= 0.6 is 0 Å². The van der Waals surface area contributed by atoms with Crippen LogP contribution in [0.1, 0.15) is 0 Å². The maximum atomic E-state index is 11.8. The quantitative estimate of drug-likeness (QED) is 0.454. The molecule has 0 unspecified atom stereocenters. The molecular formula is C10H13F3N4O3. The number of rotatable bonds is 7. The summed E-state index contributed by atoms with van der Waals surface area (Å²) in [5.74, 6) is 0.456. The van der Waals surface area contributed by atoms with Crippen LogP contribution in [0.4, 0.5) is 30.5 Å². The van der Waals surface area contributed by atoms with Gasteiger partial charge in [0.25, 0.3) is 5.69 Å². The van der Waals surface area contributed by atoms with E-state index in [-0.39, 0.29) is 30.5 Å². The van der Waals surface area contributed by atoms with Crippen molar-refractivity contribution in [3.63, 3.8) is 0 Å². The number of pyridine rings is 1. The highest BCUT2D eigenvalue weighted by Crippen LogP contribution is 2.20. The number of aromatic nitrogens is 1. The fourth-order valence-corrected chi connectivity index (χ4v) is 1.28. The highest BCUT2D eigenvalue weighted by Gasteiger charge is 2.27. The predicted molar refractivity (Wildman–Crippen MR) is 65.8 cm³/mol. The topological polar surface area (TPSA) is 89.3 Å². The lowest BCUT2D eigenvalue weighted by molar-refractivity contribution is -0.384. The van der Waals surface area contributed by atoms with Crippen LogP contribution in [0.15, 0.2) is 12.1 Å². The van der Waals surface area contributed by atoms with Crippen molar-refractivity contribution in [3.05, 3.63) is 22.2 Å². The molecule has 1 aromatic heterocycles. The Kier molecular flexibility index (Phi) is 5.50. The van der Waals surface area contributed by atoms with Crippen molar-refractivity contribution >= 4 is 17.3 Å². The highest BCUT2D eigenvalue weighted by molar-refractivity contribution is 5.54. The number of hydrogen-bond donors (Lipinski definition) is 2. The lowest BCUT2D eigenvalue weighted by Crippen LogP contribution is -2.20. The molecule has 0 aliphatic heterocycles. The van der Waals surface area contributed by atoms with Crippen LogP contribution in [0.25, 0.3) is 0 Å². The summed E-state index contributed by atoms with van der Waals surface area (Å²) in [5.41, 5.74) is -0.178. The van der Waals surface area contributed by atoms with E-state index in [0.717, 1.165) is 0 Å². The standard InChI is InChI=1S/C10H13F3N4O3/c1-14-8-4-7(17(18)19)5-9(16-8)15-2-3-20-6-10(11,12)13/h4-5H,2-3,6H2,1H3,(H2,14,15,16). The first-order chi connectivity index (χ1) is 9.31. The van der Waals surface area contributed by atoms with E-state index in [1.54, 1.807) is 7.05 Å². The fourth-order valence-electron chi connectivity index (χ4n) is 1.28. The third-order valence-electron chi connectivity index (χ3n) is 2.10. The highest BCUT2D eigenvalue weighted by atomic mass is 19.4. The molecule has 20 heavy (non-hydrogen) atoms. The molecule has 0 aliphatic carbocycles. The maximum Gasteiger partial charge on any atom is 0.411 e. The first kappa shape index (κ1) is 16.0. The Morgan fingerprint density at radius 2 is 2.05 bits per heavy atom. The second-order valence-electron chi connectivity index (χ2n) is 3.70. The molecule has 7 nitrogen and oxygen atoms in total. The summed E-state index contributed by atoms with van der Waals surface area (Å²) in [5, 5.41) is 16.0. The monoisotopic (exact) mass is 294 g/mol. The predicted octanol–water partition coefficient (Wildman–Crippen LogP) is 2.02. The van der Waals surface area contributed by atoms with Crippen molar-refractivity contribution in [2.45, 2.75) is 6.18 Å². The average molecular weight is 294 g/mol. The molecule has 10 heteroatoms. The van der Waals surface area contributed by atoms with Crippen molar-refractivity contribution in [1.82, 2.24) is 4.98 Å². The minimum Gasteiger partial charge on any atom is -0.373 e. The molecule has 1 heterocycles. The van der Waals surface area contributed by atoms with Gasteiger partial charge in [-0.25, -0.2) is 4.98 Å². The van der Waals surface area contributed by atoms with Crippen molar-refractivity contribution in [2.75, 3.05) is 37.4 Å². The van der Waals surface area contributed by atoms with Gasteiger partial charge in [-0.3, -0.25) is 10.1 Å². The number of alkyl halides is 3. The smallest absolute Gasteiger partial charge is 0.373 e. The Morgan fingerprint density at radius 1 is 1.40 bits per heavy atom. The summed E-state index contributed by atoms with van der Waals surface area (Å²) < 4.78 is 39.8. The van der Waals surface area contributed by atoms with Crippen molar-refractivity contribution < 1.29 is 22.8 Å². The van der Waals surface area contributed by atoms with Crippen LogP contribution in [-0.4, -0.2) is 42.9 Å². The van der Waals surface area contributed by atoms with Gasteiger partial charge >= 0.3 is 6.18 Å². The molecule has 0 bridgehead atoms. The Morgan fingerprint density at radius 3 is 2.60 bits per heavy atom. The first-order valence-electron chi connectivity index (χ1n) is 5.54. The van der Waals surface area contributed by atoms with Gasteiger partial charge in [0, 0.05) is 13.6 Å². The summed E-state index contributed by atoms with van der Waals surface area (Å²) in [6, 6.07) is 2.43. The summed E-state index contributed by atoms with van der Waals surface area (Å²) in [6.45, 7) is -1.48. The minimum absolute atomic E-state index is 0.0490. The summed E-state index contributed by atoms with van der Waals surface area (Å²) in [4.78, 5) is 14.1. The number of ether oxygens (including phenoxy) is 1. The fraction of sp³-hybridized carbons (Fsp3) is 0.500. The third kappa shape index (κ3) is 5.69. The first-order valence-corrected chi connectivity index (χ1v) is 5.54. The second kappa shape index (κ2) is 6.89. The van der Waals surface area contributed by atoms with Crippen molar-refractivity contribution in [2.24, 2.45) is 0 Å². The van der Waals surface area contributed by atoms with Gasteiger partial charge < -0.3 is 15.4 Å². The zero-order valence-electron chi connectivity index (χ0n) is 10.5. The van der Waals surface area contributed by atoms with E-state index in [1.165, 1.54) is 12.1 Å². The van der Waals surface area contributed by atoms with E-state index in [2.05, 4.69) is 20.4 Å². The van der Waals surface area contributed by atoms with Gasteiger partial charge in [0.2, 0.25) is 0 Å². The summed E-state index contributed by atoms with van der Waals surface area (Å²) >= 11 is 0. The Hall–Kier alpha value is -2.10. The maximum absolute atomic E-state index is 11.8. The molecule has 0 amide bonds. The van der Waals surface area contributed by atoms with Gasteiger partial charge in [0.1, 0.15) is 18.2 Å². The molecule has 0 atom stereocenters. The van der Waals surface area contributed by atoms with E-state index in [0.29, 0.717) is 0 Å². The molecule has 1 rings (SSSR count). The van der Waals surface area contributed by atoms with E-state index in [1.807, 2.05) is 0 Å². The largest absolute Gasteiger partial charge is 0.411 e. The molecule has 0 aromatic carbocycles. The van der Waals surface area contributed by atoms with Crippen LogP contribution in [-0.2, 0) is 4.74 Å². The van der Waals surface area contributed by atoms with Gasteiger partial charge in [0.05, 0.1) is 23.7 Å². The van der Waals surface area contributed by atoms with E-state index in [9.17, 15) is 23.3 Å². The van der Waals surface area contributed by atoms with E-state index >= 15 is 0 Å². The molecule has 0 aliphatic rings. The van der Waals surface area contributed by atoms with Crippen molar-refractivity contribution in [1.29, 1.82) is 0 Å². The molecule has 0 radical (unpaired) electrons. The molecule has 112 valence electrons. The lowest BCUT2D eigenvalue weighted by atomic mass is 10.3. The third-order valence-corrected chi connectivity index (χ3v) is 2.10. The number of hydrogen-bond acceptors (Lipinski definition) is 6. The normalized spacial score (nSPS) is 11.2. The molecule has 0 saturated heterocycles. The number of halogens is 3. The second-order valence-corrected chi connectivity index (χ2v) is 3.70. The Balaban J connectivity index is 2.51. The molecular weight excluding hydrogens is 281 g/mol. The van der Waals surface area contributed by atoms with Gasteiger partial charge in [-0.1, -0.05) is 0 Å². The summed E-state index contributed by atoms with van der Waals surface area (Å²) in [7, 11) is 1.54. The number of nitrogens with zero attached hydrogens (tertiary/aromatic N) is 2. The van der Waals surface area contributed by atoms with Crippen LogP contribution < -0.4 is 10.6 Å². The van der Waals surface area contributed by atoms with E-state index in [4.69, 9.17) is 0 Å². The average Bonchev–Trinajstić information content (AvgIpc) is 2.36. The number of anilines is 2. The van der Waals surface area contributed by atoms with Crippen LogP contribution in [0.5, 0.6) is 0 Å². The van der Waals surface area contributed by atoms with E-state index < -0.39 is 17.7 Å². The van der Waals surface area contributed by atoms with Gasteiger partial charge in [0.15, 0.2) is 0 Å². The SMILES string of the molecule is CNc1cc([N+](=O)[O-])cc(NCCOCC(F)(F)F)n1. The van der Waals surface area contributed by atoms with Gasteiger partial charge in [-0.15, -0.1) is 0 Å². The lowest BCUT2D eigenvalue weighted by Gasteiger charge is -2.09. The molecule has 2 N–H and O–H groups in total. The Labute approximate surface area is 112 Å². The van der Waals surface area contributed by atoms with Gasteiger partial charge in [-0.2, -0.15) is 13.2 Å². The zero-order valence-corrected chi connectivity index (χ0v) is 10.5. The molecule has 1 aromatic rings. The molecule has 0 saturated carbocycles. The number of nitrogens with one attached hydrogen (secondary N) is 2. The van der Waals surface area contributed by atoms with Crippen LogP contribution in [0.2, 0.25) is 0 Å².